The van der Waals surface area contributed by atoms with Crippen molar-refractivity contribution in [2.75, 3.05) is 13.2 Å². The molecule has 2 heterocycles. The first-order chi connectivity index (χ1) is 16.7. The number of nitro benzene ring substituents is 1. The van der Waals surface area contributed by atoms with Crippen molar-refractivity contribution in [3.05, 3.63) is 75.3 Å². The van der Waals surface area contributed by atoms with Gasteiger partial charge in [-0.25, -0.2) is 0 Å². The van der Waals surface area contributed by atoms with Gasteiger partial charge in [0.1, 0.15) is 5.54 Å². The highest BCUT2D eigenvalue weighted by Crippen LogP contribution is 2.50. The first kappa shape index (κ1) is 24.5. The van der Waals surface area contributed by atoms with Crippen LogP contribution in [0, 0.1) is 28.9 Å². The number of nitro groups is 1. The number of aliphatic carboxylic acids is 1. The van der Waals surface area contributed by atoms with Crippen LogP contribution in [0.4, 0.5) is 5.69 Å². The van der Waals surface area contributed by atoms with E-state index in [9.17, 15) is 29.6 Å². The first-order valence-corrected chi connectivity index (χ1v) is 11.5. The molecule has 0 aliphatic carbocycles. The van der Waals surface area contributed by atoms with Gasteiger partial charge in [-0.05, 0) is 36.5 Å². The highest BCUT2D eigenvalue weighted by atomic mass is 16.6. The van der Waals surface area contributed by atoms with E-state index in [1.54, 1.807) is 6.07 Å². The van der Waals surface area contributed by atoms with Crippen molar-refractivity contribution in [2.45, 2.75) is 37.8 Å². The van der Waals surface area contributed by atoms with E-state index in [2.05, 4.69) is 5.32 Å². The van der Waals surface area contributed by atoms with Gasteiger partial charge < -0.3 is 10.2 Å². The number of hydrogen-bond donors (Lipinski definition) is 3. The predicted molar refractivity (Wildman–Crippen MR) is 124 cm³/mol. The van der Waals surface area contributed by atoms with Gasteiger partial charge in [0.25, 0.3) is 5.69 Å². The first-order valence-electron chi connectivity index (χ1n) is 11.5. The summed E-state index contributed by atoms with van der Waals surface area (Å²) in [6, 6.07) is 12.2. The van der Waals surface area contributed by atoms with Crippen LogP contribution >= 0.6 is 0 Å². The molecule has 2 aromatic carbocycles. The molecule has 2 saturated heterocycles. The largest absolute Gasteiger partial charge is 0.480 e. The molecule has 10 nitrogen and oxygen atoms in total. The number of aliphatic hydroxyl groups excluding tert-OH is 1. The normalized spacial score (nSPS) is 25.7. The van der Waals surface area contributed by atoms with Crippen LogP contribution in [0.2, 0.25) is 0 Å². The second-order valence-electron chi connectivity index (χ2n) is 9.12. The van der Waals surface area contributed by atoms with Crippen LogP contribution in [-0.4, -0.2) is 56.5 Å². The maximum Gasteiger partial charge on any atom is 0.325 e. The predicted octanol–water partition coefficient (Wildman–Crippen LogP) is 1.99. The number of carboxylic acids is 1. The van der Waals surface area contributed by atoms with E-state index in [1.807, 2.05) is 25.1 Å². The number of benzene rings is 2. The number of aliphatic hydroxyl groups is 1. The Hall–Kier alpha value is -3.63. The Morgan fingerprint density at radius 1 is 1.11 bits per heavy atom. The Bertz CT molecular complexity index is 1170. The third-order valence-corrected chi connectivity index (χ3v) is 7.07. The van der Waals surface area contributed by atoms with Gasteiger partial charge in [0.15, 0.2) is 0 Å². The molecule has 2 aliphatic heterocycles. The molecule has 2 amide bonds. The Morgan fingerprint density at radius 3 is 2.40 bits per heavy atom. The SMILES string of the molecule is Cc1ccccc1C1NC(Cc2ccc([N+](=O)[O-])cc2)(C(=O)O)C2C(=O)N(CCCCO)C(=O)C12. The zero-order valence-electron chi connectivity index (χ0n) is 19.2. The van der Waals surface area contributed by atoms with E-state index in [4.69, 9.17) is 5.11 Å². The number of aryl methyl sites for hydroxylation is 1. The number of amides is 2. The quantitative estimate of drug-likeness (QED) is 0.213. The molecular weight excluding hydrogens is 454 g/mol. The number of rotatable bonds is 9. The van der Waals surface area contributed by atoms with Crippen LogP contribution < -0.4 is 5.32 Å². The Kier molecular flexibility index (Phi) is 6.68. The molecule has 0 spiro atoms. The molecule has 4 atom stereocenters. The molecule has 2 aliphatic rings. The minimum Gasteiger partial charge on any atom is -0.480 e. The zero-order chi connectivity index (χ0) is 25.3. The lowest BCUT2D eigenvalue weighted by atomic mass is 9.76. The zero-order valence-corrected chi connectivity index (χ0v) is 19.2. The van der Waals surface area contributed by atoms with Gasteiger partial charge in [-0.1, -0.05) is 36.4 Å². The number of carbonyl (C=O) groups is 3. The molecule has 35 heavy (non-hydrogen) atoms. The number of likely N-dealkylation sites (tertiary alicyclic amines) is 1. The fourth-order valence-electron chi connectivity index (χ4n) is 5.36. The van der Waals surface area contributed by atoms with Gasteiger partial charge in [0, 0.05) is 37.7 Å². The minimum atomic E-state index is -1.79. The van der Waals surface area contributed by atoms with E-state index in [-0.39, 0.29) is 25.3 Å². The number of carbonyl (C=O) groups excluding carboxylic acids is 2. The molecule has 3 N–H and O–H groups in total. The van der Waals surface area contributed by atoms with Gasteiger partial charge in [-0.15, -0.1) is 0 Å². The summed E-state index contributed by atoms with van der Waals surface area (Å²) in [6.45, 7) is 1.90. The highest BCUT2D eigenvalue weighted by molar-refractivity contribution is 6.09. The lowest BCUT2D eigenvalue weighted by Crippen LogP contribution is -2.57. The van der Waals surface area contributed by atoms with E-state index in [0.29, 0.717) is 18.4 Å². The third-order valence-electron chi connectivity index (χ3n) is 7.07. The number of unbranched alkanes of at least 4 members (excludes halogenated alkanes) is 1. The number of fused-ring (bicyclic) bond motifs is 1. The molecule has 4 unspecified atom stereocenters. The van der Waals surface area contributed by atoms with Crippen LogP contribution in [0.5, 0.6) is 0 Å². The van der Waals surface area contributed by atoms with Crippen molar-refractivity contribution in [1.29, 1.82) is 0 Å². The number of non-ortho nitro benzene ring substituents is 1. The van der Waals surface area contributed by atoms with E-state index in [0.717, 1.165) is 16.0 Å². The van der Waals surface area contributed by atoms with Crippen LogP contribution in [0.15, 0.2) is 48.5 Å². The molecule has 4 rings (SSSR count). The number of nitrogens with one attached hydrogen (secondary N) is 1. The molecule has 2 aromatic rings. The summed E-state index contributed by atoms with van der Waals surface area (Å²) in [4.78, 5) is 51.5. The van der Waals surface area contributed by atoms with Crippen molar-refractivity contribution in [3.8, 4) is 0 Å². The minimum absolute atomic E-state index is 0.0737. The fraction of sp³-hybridized carbons (Fsp3) is 0.400. The van der Waals surface area contributed by atoms with Gasteiger partial charge in [0.2, 0.25) is 11.8 Å². The standard InChI is InChI=1S/C25H27N3O7/c1-15-6-2-3-7-18(15)21-19-20(23(31)27(22(19)30)12-4-5-13-29)25(26-21,24(32)33)14-16-8-10-17(11-9-16)28(34)35/h2-3,6-11,19-21,26,29H,4-5,12-14H2,1H3,(H,32,33). The molecule has 0 aromatic heterocycles. The average molecular weight is 482 g/mol. The van der Waals surface area contributed by atoms with E-state index < -0.39 is 46.1 Å². The fourth-order valence-corrected chi connectivity index (χ4v) is 5.36. The topological polar surface area (TPSA) is 150 Å². The number of hydrogen-bond acceptors (Lipinski definition) is 7. The summed E-state index contributed by atoms with van der Waals surface area (Å²) in [5.74, 6) is -4.30. The van der Waals surface area contributed by atoms with Crippen LogP contribution in [0.1, 0.15) is 35.6 Å². The Labute approximate surface area is 201 Å². The molecular formula is C25H27N3O7. The molecule has 0 radical (unpaired) electrons. The highest BCUT2D eigenvalue weighted by Gasteiger charge is 2.68. The van der Waals surface area contributed by atoms with Crippen molar-refractivity contribution in [1.82, 2.24) is 10.2 Å². The molecule has 0 bridgehead atoms. The van der Waals surface area contributed by atoms with Crippen LogP contribution in [-0.2, 0) is 20.8 Å². The number of nitrogens with zero attached hydrogens (tertiary/aromatic N) is 2. The summed E-state index contributed by atoms with van der Waals surface area (Å²) in [7, 11) is 0. The maximum atomic E-state index is 13.6. The third kappa shape index (κ3) is 4.19. The average Bonchev–Trinajstić information content (AvgIpc) is 3.29. The maximum absolute atomic E-state index is 13.6. The summed E-state index contributed by atoms with van der Waals surface area (Å²) in [5, 5.41) is 33.8. The summed E-state index contributed by atoms with van der Waals surface area (Å²) in [5.41, 5.74) is 0.183. The van der Waals surface area contributed by atoms with E-state index >= 15 is 0 Å². The second-order valence-corrected chi connectivity index (χ2v) is 9.12. The molecule has 10 heteroatoms. The lowest BCUT2D eigenvalue weighted by molar-refractivity contribution is -0.384. The Morgan fingerprint density at radius 2 is 1.80 bits per heavy atom. The van der Waals surface area contributed by atoms with Gasteiger partial charge in [-0.2, -0.15) is 0 Å². The van der Waals surface area contributed by atoms with Gasteiger partial charge >= 0.3 is 5.97 Å². The smallest absolute Gasteiger partial charge is 0.325 e. The summed E-state index contributed by atoms with van der Waals surface area (Å²) < 4.78 is 0. The van der Waals surface area contributed by atoms with E-state index in [1.165, 1.54) is 24.3 Å². The summed E-state index contributed by atoms with van der Waals surface area (Å²) >= 11 is 0. The monoisotopic (exact) mass is 481 g/mol. The van der Waals surface area contributed by atoms with Gasteiger partial charge in [-0.3, -0.25) is 34.7 Å². The number of carboxylic acid groups (broad SMARTS) is 1. The molecule has 2 fully saturated rings. The van der Waals surface area contributed by atoms with Crippen molar-refractivity contribution in [3.63, 3.8) is 0 Å². The van der Waals surface area contributed by atoms with Crippen molar-refractivity contribution < 1.29 is 29.5 Å². The van der Waals surface area contributed by atoms with Crippen LogP contribution in [0.3, 0.4) is 0 Å². The van der Waals surface area contributed by atoms with Gasteiger partial charge in [0.05, 0.1) is 16.8 Å². The summed E-state index contributed by atoms with van der Waals surface area (Å²) in [6.07, 6.45) is 0.699. The second kappa shape index (κ2) is 9.55. The number of imide groups is 1. The molecule has 0 saturated carbocycles. The molecule has 184 valence electrons. The van der Waals surface area contributed by atoms with Crippen LogP contribution in [0.25, 0.3) is 0 Å². The van der Waals surface area contributed by atoms with Crippen molar-refractivity contribution >= 4 is 23.5 Å². The Balaban J connectivity index is 1.79. The lowest BCUT2D eigenvalue weighted by Gasteiger charge is -2.31. The van der Waals surface area contributed by atoms with Crippen molar-refractivity contribution in [2.24, 2.45) is 11.8 Å².